The number of sulfone groups is 1. The highest BCUT2D eigenvalue weighted by Crippen LogP contribution is 2.17. The maximum Gasteiger partial charge on any atom is 0.307 e. The minimum Gasteiger partial charge on any atom is -0.461 e. The molecule has 0 heterocycles. The largest absolute Gasteiger partial charge is 0.461 e. The maximum absolute atomic E-state index is 12.5. The van der Waals surface area contributed by atoms with Gasteiger partial charge in [-0.25, -0.2) is 8.42 Å². The van der Waals surface area contributed by atoms with Gasteiger partial charge < -0.3 is 10.1 Å². The Labute approximate surface area is 189 Å². The summed E-state index contributed by atoms with van der Waals surface area (Å²) >= 11 is 0. The summed E-state index contributed by atoms with van der Waals surface area (Å²) in [4.78, 5) is 12.2. The Balaban J connectivity index is 0.00000841. The van der Waals surface area contributed by atoms with E-state index in [0.29, 0.717) is 32.4 Å². The molecule has 0 amide bonds. The van der Waals surface area contributed by atoms with E-state index in [1.165, 1.54) is 11.1 Å². The second kappa shape index (κ2) is 15.7. The predicted octanol–water partition coefficient (Wildman–Crippen LogP) is 4.86. The minimum absolute atomic E-state index is 0. The van der Waals surface area contributed by atoms with Crippen LogP contribution >= 0.6 is 12.4 Å². The minimum atomic E-state index is -3.26. The first kappa shape index (κ1) is 28.9. The van der Waals surface area contributed by atoms with Gasteiger partial charge in [-0.1, -0.05) is 64.8 Å². The lowest BCUT2D eigenvalue weighted by Crippen LogP contribution is -2.31. The molecule has 0 saturated carbocycles. The topological polar surface area (TPSA) is 72.5 Å². The monoisotopic (exact) mass is 461 g/mol. The highest BCUT2D eigenvalue weighted by atomic mass is 35.5. The van der Waals surface area contributed by atoms with Crippen LogP contribution in [0.3, 0.4) is 0 Å². The molecule has 1 aromatic carbocycles. The number of ether oxygens (including phenoxy) is 1. The van der Waals surface area contributed by atoms with E-state index in [1.54, 1.807) is 0 Å². The molecule has 7 heteroatoms. The molecule has 0 aliphatic carbocycles. The molecule has 5 nitrogen and oxygen atoms in total. The fourth-order valence-corrected chi connectivity index (χ4v) is 5.37. The number of nitrogens with one attached hydrogen (secondary N) is 1. The number of hydrogen-bond acceptors (Lipinski definition) is 5. The van der Waals surface area contributed by atoms with Crippen LogP contribution in [0.1, 0.15) is 77.3 Å². The Hall–Kier alpha value is -1.11. The SMILES string of the molecule is CCCC(CCC)S(=O)(=O)CCC(=O)OC(CC)CNCc1cccc(CC)c1.Cl. The van der Waals surface area contributed by atoms with E-state index in [9.17, 15) is 13.2 Å². The predicted molar refractivity (Wildman–Crippen MR) is 127 cm³/mol. The average molecular weight is 462 g/mol. The summed E-state index contributed by atoms with van der Waals surface area (Å²) in [6, 6.07) is 8.42. The number of aryl methyl sites for hydroxylation is 1. The molecule has 0 fully saturated rings. The highest BCUT2D eigenvalue weighted by Gasteiger charge is 2.25. The van der Waals surface area contributed by atoms with Crippen molar-refractivity contribution >= 4 is 28.2 Å². The van der Waals surface area contributed by atoms with Crippen molar-refractivity contribution in [3.63, 3.8) is 0 Å². The van der Waals surface area contributed by atoms with Crippen molar-refractivity contribution in [1.29, 1.82) is 0 Å². The first-order chi connectivity index (χ1) is 13.9. The normalized spacial score (nSPS) is 12.4. The maximum atomic E-state index is 12.5. The van der Waals surface area contributed by atoms with E-state index in [4.69, 9.17) is 4.74 Å². The molecule has 174 valence electrons. The summed E-state index contributed by atoms with van der Waals surface area (Å²) in [6.45, 7) is 9.35. The van der Waals surface area contributed by atoms with Crippen LogP contribution in [0.2, 0.25) is 0 Å². The second-order valence-electron chi connectivity index (χ2n) is 7.64. The van der Waals surface area contributed by atoms with Crippen molar-refractivity contribution in [1.82, 2.24) is 5.32 Å². The van der Waals surface area contributed by atoms with Gasteiger partial charge in [-0.05, 0) is 36.8 Å². The fourth-order valence-electron chi connectivity index (χ4n) is 3.39. The molecule has 30 heavy (non-hydrogen) atoms. The van der Waals surface area contributed by atoms with Crippen molar-refractivity contribution in [2.75, 3.05) is 12.3 Å². The van der Waals surface area contributed by atoms with Gasteiger partial charge in [0.2, 0.25) is 0 Å². The molecule has 0 aliphatic rings. The lowest BCUT2D eigenvalue weighted by Gasteiger charge is -2.19. The van der Waals surface area contributed by atoms with Gasteiger partial charge in [-0.3, -0.25) is 4.79 Å². The number of carbonyl (C=O) groups excluding carboxylic acids is 1. The smallest absolute Gasteiger partial charge is 0.307 e. The van der Waals surface area contributed by atoms with E-state index in [2.05, 4.69) is 36.5 Å². The zero-order valence-corrected chi connectivity index (χ0v) is 20.6. The third kappa shape index (κ3) is 10.8. The average Bonchev–Trinajstić information content (AvgIpc) is 2.71. The number of esters is 1. The lowest BCUT2D eigenvalue weighted by atomic mass is 10.1. The summed E-state index contributed by atoms with van der Waals surface area (Å²) in [6.07, 6.45) is 4.36. The van der Waals surface area contributed by atoms with Crippen LogP contribution in [0.4, 0.5) is 0 Å². The van der Waals surface area contributed by atoms with Crippen molar-refractivity contribution in [3.8, 4) is 0 Å². The molecule has 1 aromatic rings. The van der Waals surface area contributed by atoms with E-state index in [0.717, 1.165) is 19.3 Å². The van der Waals surface area contributed by atoms with Crippen LogP contribution in [0.25, 0.3) is 0 Å². The van der Waals surface area contributed by atoms with E-state index >= 15 is 0 Å². The summed E-state index contributed by atoms with van der Waals surface area (Å²) in [5, 5.41) is 3.00. The van der Waals surface area contributed by atoms with Gasteiger partial charge in [0.25, 0.3) is 0 Å². The van der Waals surface area contributed by atoms with Gasteiger partial charge in [-0.15, -0.1) is 12.4 Å². The number of carbonyl (C=O) groups is 1. The van der Waals surface area contributed by atoms with E-state index in [1.807, 2.05) is 20.8 Å². The molecule has 0 bridgehead atoms. The van der Waals surface area contributed by atoms with Gasteiger partial charge in [0.05, 0.1) is 17.4 Å². The Kier molecular flexibility index (Phi) is 15.1. The quantitative estimate of drug-likeness (QED) is 0.378. The second-order valence-corrected chi connectivity index (χ2v) is 10.0. The molecular formula is C23H40ClNO4S. The summed E-state index contributed by atoms with van der Waals surface area (Å²) in [5.74, 6) is -0.550. The van der Waals surface area contributed by atoms with Crippen molar-refractivity contribution in [2.24, 2.45) is 0 Å². The van der Waals surface area contributed by atoms with E-state index in [-0.39, 0.29) is 35.9 Å². The van der Waals surface area contributed by atoms with Crippen molar-refractivity contribution < 1.29 is 17.9 Å². The van der Waals surface area contributed by atoms with Gasteiger partial charge in [0.1, 0.15) is 6.10 Å². The molecule has 1 rings (SSSR count). The molecule has 0 spiro atoms. The standard InChI is InChI=1S/C23H39NO4S.ClH/c1-5-10-22(11-6-2)29(26,27)15-14-23(25)28-21(8-4)18-24-17-20-13-9-12-19(7-3)16-20;/h9,12-13,16,21-22,24H,5-8,10-11,14-15,17-18H2,1-4H3;1H. The molecule has 0 saturated heterocycles. The van der Waals surface area contributed by atoms with Crippen LogP contribution in [-0.2, 0) is 32.3 Å². The zero-order chi connectivity index (χ0) is 21.7. The third-order valence-electron chi connectivity index (χ3n) is 5.17. The number of rotatable bonds is 15. The van der Waals surface area contributed by atoms with Gasteiger partial charge >= 0.3 is 5.97 Å². The molecule has 0 aromatic heterocycles. The number of hydrogen-bond donors (Lipinski definition) is 1. The Morgan fingerprint density at radius 3 is 2.27 bits per heavy atom. The molecular weight excluding hydrogens is 422 g/mol. The Morgan fingerprint density at radius 1 is 1.07 bits per heavy atom. The first-order valence-corrected chi connectivity index (χ1v) is 12.8. The third-order valence-corrected chi connectivity index (χ3v) is 7.43. The van der Waals surface area contributed by atoms with Crippen LogP contribution in [0, 0.1) is 0 Å². The van der Waals surface area contributed by atoms with Gasteiger partial charge in [0.15, 0.2) is 9.84 Å². The number of halogens is 1. The summed E-state index contributed by atoms with van der Waals surface area (Å²) in [5.41, 5.74) is 2.50. The molecule has 0 radical (unpaired) electrons. The van der Waals surface area contributed by atoms with Crippen LogP contribution in [-0.4, -0.2) is 38.0 Å². The van der Waals surface area contributed by atoms with Crippen LogP contribution in [0.5, 0.6) is 0 Å². The van der Waals surface area contributed by atoms with Crippen molar-refractivity contribution in [3.05, 3.63) is 35.4 Å². The Bertz CT molecular complexity index is 703. The zero-order valence-electron chi connectivity index (χ0n) is 19.0. The number of benzene rings is 1. The van der Waals surface area contributed by atoms with Crippen LogP contribution in [0.15, 0.2) is 24.3 Å². The summed E-state index contributed by atoms with van der Waals surface area (Å²) in [7, 11) is -3.26. The molecule has 1 atom stereocenters. The van der Waals surface area contributed by atoms with Gasteiger partial charge in [-0.2, -0.15) is 0 Å². The first-order valence-electron chi connectivity index (χ1n) is 11.1. The fraction of sp³-hybridized carbons (Fsp3) is 0.696. The Morgan fingerprint density at radius 2 is 1.70 bits per heavy atom. The molecule has 1 unspecified atom stereocenters. The molecule has 0 aliphatic heterocycles. The highest BCUT2D eigenvalue weighted by molar-refractivity contribution is 7.92. The van der Waals surface area contributed by atoms with Gasteiger partial charge in [0, 0.05) is 13.1 Å². The van der Waals surface area contributed by atoms with Crippen molar-refractivity contribution in [2.45, 2.75) is 90.5 Å². The van der Waals surface area contributed by atoms with Crippen LogP contribution < -0.4 is 5.32 Å². The molecule has 1 N–H and O–H groups in total. The lowest BCUT2D eigenvalue weighted by molar-refractivity contribution is -0.148. The van der Waals surface area contributed by atoms with E-state index < -0.39 is 15.8 Å². The summed E-state index contributed by atoms with van der Waals surface area (Å²) < 4.78 is 30.6.